The number of morpholine rings is 1. The molecule has 5 heteroatoms. The zero-order valence-corrected chi connectivity index (χ0v) is 12.2. The molecule has 0 atom stereocenters. The van der Waals surface area contributed by atoms with Gasteiger partial charge in [-0.25, -0.2) is 9.78 Å². The van der Waals surface area contributed by atoms with Crippen LogP contribution in [0.25, 0.3) is 10.8 Å². The van der Waals surface area contributed by atoms with Gasteiger partial charge >= 0.3 is 5.97 Å². The van der Waals surface area contributed by atoms with Crippen LogP contribution in [0.4, 0.5) is 5.82 Å². The molecule has 0 bridgehead atoms. The number of fused-ring (bicyclic) bond motifs is 1. The molecule has 110 valence electrons. The summed E-state index contributed by atoms with van der Waals surface area (Å²) in [4.78, 5) is 17.9. The first-order chi connectivity index (χ1) is 9.99. The van der Waals surface area contributed by atoms with Gasteiger partial charge in [-0.1, -0.05) is 24.3 Å². The lowest BCUT2D eigenvalue weighted by Crippen LogP contribution is -2.53. The monoisotopic (exact) mass is 286 g/mol. The van der Waals surface area contributed by atoms with Crippen molar-refractivity contribution in [2.75, 3.05) is 24.7 Å². The summed E-state index contributed by atoms with van der Waals surface area (Å²) in [5.41, 5.74) is -0.142. The highest BCUT2D eigenvalue weighted by molar-refractivity contribution is 5.98. The van der Waals surface area contributed by atoms with Gasteiger partial charge in [-0.05, 0) is 25.3 Å². The number of carbonyl (C=O) groups is 1. The Morgan fingerprint density at radius 1 is 1.38 bits per heavy atom. The molecule has 0 radical (unpaired) electrons. The van der Waals surface area contributed by atoms with Crippen molar-refractivity contribution in [1.82, 2.24) is 4.98 Å². The predicted molar refractivity (Wildman–Crippen MR) is 80.9 cm³/mol. The van der Waals surface area contributed by atoms with Crippen LogP contribution in [0, 0.1) is 0 Å². The fourth-order valence-electron chi connectivity index (χ4n) is 2.75. The van der Waals surface area contributed by atoms with E-state index < -0.39 is 5.97 Å². The number of hydrogen-bond donors (Lipinski definition) is 1. The number of ether oxygens (including phenoxy) is 1. The Morgan fingerprint density at radius 2 is 2.14 bits per heavy atom. The van der Waals surface area contributed by atoms with Crippen LogP contribution in [0.2, 0.25) is 0 Å². The number of carboxylic acid groups (broad SMARTS) is 1. The van der Waals surface area contributed by atoms with Crippen molar-refractivity contribution in [3.8, 4) is 0 Å². The average Bonchev–Trinajstić information content (AvgIpc) is 2.46. The predicted octanol–water partition coefficient (Wildman–Crippen LogP) is 2.55. The summed E-state index contributed by atoms with van der Waals surface area (Å²) >= 11 is 0. The third-order valence-corrected chi connectivity index (χ3v) is 3.84. The Labute approximate surface area is 123 Å². The fraction of sp³-hybridized carbons (Fsp3) is 0.375. The molecule has 0 saturated carbocycles. The maximum Gasteiger partial charge on any atom is 0.354 e. The molecule has 1 aromatic heterocycles. The standard InChI is InChI=1S/C16H18N2O3/c1-16(2)10-21-8-7-18(16)14-12-6-4-3-5-11(12)9-13(17-14)15(19)20/h3-6,9H,7-8,10H2,1-2H3,(H,19,20). The van der Waals surface area contributed by atoms with Crippen molar-refractivity contribution in [3.05, 3.63) is 36.0 Å². The average molecular weight is 286 g/mol. The van der Waals surface area contributed by atoms with Crippen molar-refractivity contribution in [3.63, 3.8) is 0 Å². The molecule has 0 aliphatic carbocycles. The Morgan fingerprint density at radius 3 is 2.86 bits per heavy atom. The molecule has 1 saturated heterocycles. The van der Waals surface area contributed by atoms with E-state index >= 15 is 0 Å². The molecular weight excluding hydrogens is 268 g/mol. The van der Waals surface area contributed by atoms with Crippen molar-refractivity contribution >= 4 is 22.6 Å². The van der Waals surface area contributed by atoms with Gasteiger partial charge in [0.2, 0.25) is 0 Å². The molecule has 1 aromatic carbocycles. The lowest BCUT2D eigenvalue weighted by atomic mass is 10.0. The minimum atomic E-state index is -1.01. The largest absolute Gasteiger partial charge is 0.477 e. The number of anilines is 1. The van der Waals surface area contributed by atoms with Crippen LogP contribution >= 0.6 is 0 Å². The Bertz CT molecular complexity index is 697. The van der Waals surface area contributed by atoms with Gasteiger partial charge in [0.15, 0.2) is 5.69 Å². The Kier molecular flexibility index (Phi) is 3.29. The second-order valence-electron chi connectivity index (χ2n) is 5.87. The minimum absolute atomic E-state index is 0.0750. The molecule has 0 amide bonds. The third-order valence-electron chi connectivity index (χ3n) is 3.84. The maximum absolute atomic E-state index is 11.3. The molecule has 0 unspecified atom stereocenters. The summed E-state index contributed by atoms with van der Waals surface area (Å²) in [6.07, 6.45) is 0. The lowest BCUT2D eigenvalue weighted by molar-refractivity contribution is 0.0638. The van der Waals surface area contributed by atoms with E-state index in [2.05, 4.69) is 23.7 Å². The van der Waals surface area contributed by atoms with Crippen LogP contribution in [0.1, 0.15) is 24.3 Å². The third kappa shape index (κ3) is 2.45. The molecule has 1 fully saturated rings. The zero-order chi connectivity index (χ0) is 15.0. The summed E-state index contributed by atoms with van der Waals surface area (Å²) in [6, 6.07) is 9.37. The van der Waals surface area contributed by atoms with Crippen LogP contribution in [-0.4, -0.2) is 41.4 Å². The molecule has 5 nitrogen and oxygen atoms in total. The molecule has 2 aromatic rings. The summed E-state index contributed by atoms with van der Waals surface area (Å²) in [7, 11) is 0. The number of hydrogen-bond acceptors (Lipinski definition) is 4. The topological polar surface area (TPSA) is 62.7 Å². The first-order valence-electron chi connectivity index (χ1n) is 6.97. The Hall–Kier alpha value is -2.14. The quantitative estimate of drug-likeness (QED) is 0.919. The van der Waals surface area contributed by atoms with Gasteiger partial charge in [0.05, 0.1) is 18.8 Å². The van der Waals surface area contributed by atoms with Crippen LogP contribution in [0.15, 0.2) is 30.3 Å². The summed E-state index contributed by atoms with van der Waals surface area (Å²) < 4.78 is 5.54. The van der Waals surface area contributed by atoms with Gasteiger partial charge in [-0.15, -0.1) is 0 Å². The molecule has 1 N–H and O–H groups in total. The molecule has 0 spiro atoms. The molecule has 1 aliphatic heterocycles. The van der Waals surface area contributed by atoms with E-state index in [-0.39, 0.29) is 11.2 Å². The summed E-state index contributed by atoms with van der Waals surface area (Å²) in [5.74, 6) is -0.285. The highest BCUT2D eigenvalue weighted by Gasteiger charge is 2.33. The fourth-order valence-corrected chi connectivity index (χ4v) is 2.75. The van der Waals surface area contributed by atoms with Crippen molar-refractivity contribution in [1.29, 1.82) is 0 Å². The van der Waals surface area contributed by atoms with Gasteiger partial charge in [-0.3, -0.25) is 0 Å². The second kappa shape index (κ2) is 5.00. The summed E-state index contributed by atoms with van der Waals surface area (Å²) in [5, 5.41) is 11.2. The number of pyridine rings is 1. The van der Waals surface area contributed by atoms with E-state index in [1.54, 1.807) is 6.07 Å². The maximum atomic E-state index is 11.3. The van der Waals surface area contributed by atoms with Crippen LogP contribution < -0.4 is 4.90 Å². The smallest absolute Gasteiger partial charge is 0.354 e. The van der Waals surface area contributed by atoms with E-state index in [9.17, 15) is 9.90 Å². The van der Waals surface area contributed by atoms with E-state index in [4.69, 9.17) is 4.74 Å². The van der Waals surface area contributed by atoms with Crippen LogP contribution in [0.5, 0.6) is 0 Å². The van der Waals surface area contributed by atoms with Gasteiger partial charge in [0.25, 0.3) is 0 Å². The van der Waals surface area contributed by atoms with Gasteiger partial charge in [0.1, 0.15) is 5.82 Å². The summed E-state index contributed by atoms with van der Waals surface area (Å²) in [6.45, 7) is 6.08. The van der Waals surface area contributed by atoms with Crippen molar-refractivity contribution in [2.45, 2.75) is 19.4 Å². The van der Waals surface area contributed by atoms with E-state index in [1.165, 1.54) is 0 Å². The number of carboxylic acids is 1. The molecular formula is C16H18N2O3. The number of aromatic carboxylic acids is 1. The number of aromatic nitrogens is 1. The number of benzene rings is 1. The second-order valence-corrected chi connectivity index (χ2v) is 5.87. The van der Waals surface area contributed by atoms with Crippen LogP contribution in [-0.2, 0) is 4.74 Å². The Balaban J connectivity index is 2.22. The van der Waals surface area contributed by atoms with E-state index in [1.807, 2.05) is 24.3 Å². The zero-order valence-electron chi connectivity index (χ0n) is 12.2. The number of nitrogens with zero attached hydrogens (tertiary/aromatic N) is 2. The highest BCUT2D eigenvalue weighted by Crippen LogP contribution is 2.32. The van der Waals surface area contributed by atoms with Gasteiger partial charge in [0, 0.05) is 11.9 Å². The molecule has 2 heterocycles. The normalized spacial score (nSPS) is 17.9. The van der Waals surface area contributed by atoms with Crippen molar-refractivity contribution in [2.24, 2.45) is 0 Å². The minimum Gasteiger partial charge on any atom is -0.477 e. The van der Waals surface area contributed by atoms with Crippen molar-refractivity contribution < 1.29 is 14.6 Å². The van der Waals surface area contributed by atoms with Crippen LogP contribution in [0.3, 0.4) is 0 Å². The molecule has 1 aliphatic rings. The number of rotatable bonds is 2. The first-order valence-corrected chi connectivity index (χ1v) is 6.97. The molecule has 3 rings (SSSR count). The van der Waals surface area contributed by atoms with Gasteiger partial charge in [-0.2, -0.15) is 0 Å². The first kappa shape index (κ1) is 13.8. The van der Waals surface area contributed by atoms with E-state index in [0.29, 0.717) is 19.8 Å². The van der Waals surface area contributed by atoms with E-state index in [0.717, 1.165) is 16.6 Å². The van der Waals surface area contributed by atoms with Gasteiger partial charge < -0.3 is 14.7 Å². The highest BCUT2D eigenvalue weighted by atomic mass is 16.5. The molecule has 21 heavy (non-hydrogen) atoms. The SMILES string of the molecule is CC1(C)COCCN1c1nc(C(=O)O)cc2ccccc12. The lowest BCUT2D eigenvalue weighted by Gasteiger charge is -2.43.